The third-order valence-electron chi connectivity index (χ3n) is 5.11. The number of hydrogen-bond acceptors (Lipinski definition) is 5. The van der Waals surface area contributed by atoms with Gasteiger partial charge in [0.05, 0.1) is 19.1 Å². The number of pyridine rings is 1. The Balaban J connectivity index is 1.79. The summed E-state index contributed by atoms with van der Waals surface area (Å²) in [5.74, 6) is 1.43. The second-order valence-electron chi connectivity index (χ2n) is 7.42. The van der Waals surface area contributed by atoms with E-state index in [1.807, 2.05) is 18.2 Å². The SMILES string of the molecule is CCCCCOc1c(OC)ccc2c(=O)n(CCc3ccc(OC(C)=O)cc3)ccc12. The number of carbonyl (C=O) groups is 1. The second-order valence-corrected chi connectivity index (χ2v) is 7.42. The molecule has 0 N–H and O–H groups in total. The highest BCUT2D eigenvalue weighted by Crippen LogP contribution is 2.34. The molecular weight excluding hydrogens is 394 g/mol. The van der Waals surface area contributed by atoms with Gasteiger partial charge >= 0.3 is 5.97 Å². The zero-order valence-corrected chi connectivity index (χ0v) is 18.3. The van der Waals surface area contributed by atoms with E-state index in [0.29, 0.717) is 42.2 Å². The molecule has 31 heavy (non-hydrogen) atoms. The minimum absolute atomic E-state index is 0.0601. The van der Waals surface area contributed by atoms with Crippen LogP contribution < -0.4 is 19.8 Å². The number of aromatic nitrogens is 1. The van der Waals surface area contributed by atoms with Crippen LogP contribution in [0.2, 0.25) is 0 Å². The van der Waals surface area contributed by atoms with Crippen molar-refractivity contribution in [2.45, 2.75) is 46.1 Å². The fraction of sp³-hybridized carbons (Fsp3) is 0.360. The summed E-state index contributed by atoms with van der Waals surface area (Å²) in [6, 6.07) is 12.8. The highest BCUT2D eigenvalue weighted by molar-refractivity contribution is 5.90. The molecule has 0 atom stereocenters. The van der Waals surface area contributed by atoms with Gasteiger partial charge in [0.2, 0.25) is 0 Å². The molecule has 0 aliphatic carbocycles. The molecule has 0 spiro atoms. The Kier molecular flexibility index (Phi) is 7.70. The molecule has 0 radical (unpaired) electrons. The van der Waals surface area contributed by atoms with Crippen molar-refractivity contribution in [3.8, 4) is 17.2 Å². The van der Waals surface area contributed by atoms with E-state index >= 15 is 0 Å². The molecule has 0 aliphatic heterocycles. The Morgan fingerprint density at radius 3 is 2.45 bits per heavy atom. The van der Waals surface area contributed by atoms with E-state index in [-0.39, 0.29) is 11.5 Å². The maximum atomic E-state index is 13.1. The second kappa shape index (κ2) is 10.7. The smallest absolute Gasteiger partial charge is 0.308 e. The number of esters is 1. The molecule has 6 heteroatoms. The number of unbranched alkanes of at least 4 members (excludes halogenated alkanes) is 2. The topological polar surface area (TPSA) is 66.8 Å². The standard InChI is InChI=1S/C25H29NO5/c1-4-5-6-17-30-24-21-14-16-26(25(28)22(21)11-12-23(24)29-3)15-13-19-7-9-20(10-8-19)31-18(2)27/h7-12,14,16H,4-6,13,15,17H2,1-3H3. The van der Waals surface area contributed by atoms with Gasteiger partial charge in [0, 0.05) is 25.1 Å². The number of ether oxygens (including phenoxy) is 3. The summed E-state index contributed by atoms with van der Waals surface area (Å²) in [5, 5.41) is 1.38. The fourth-order valence-electron chi connectivity index (χ4n) is 3.47. The van der Waals surface area contributed by atoms with Gasteiger partial charge in [0.1, 0.15) is 5.75 Å². The molecule has 3 rings (SSSR count). The highest BCUT2D eigenvalue weighted by Gasteiger charge is 2.13. The summed E-state index contributed by atoms with van der Waals surface area (Å²) in [6.45, 7) is 4.66. The fourth-order valence-corrected chi connectivity index (χ4v) is 3.47. The minimum Gasteiger partial charge on any atom is -0.493 e. The van der Waals surface area contributed by atoms with Crippen LogP contribution in [0, 0.1) is 0 Å². The Morgan fingerprint density at radius 1 is 1.00 bits per heavy atom. The molecule has 0 bridgehead atoms. The van der Waals surface area contributed by atoms with E-state index in [1.165, 1.54) is 6.92 Å². The Hall–Kier alpha value is -3.28. The van der Waals surface area contributed by atoms with Crippen molar-refractivity contribution in [2.75, 3.05) is 13.7 Å². The summed E-state index contributed by atoms with van der Waals surface area (Å²) < 4.78 is 18.2. The molecule has 0 aliphatic rings. The maximum absolute atomic E-state index is 13.1. The largest absolute Gasteiger partial charge is 0.493 e. The number of nitrogens with zero attached hydrogens (tertiary/aromatic N) is 1. The number of rotatable bonds is 10. The number of benzene rings is 2. The predicted molar refractivity (Wildman–Crippen MR) is 121 cm³/mol. The molecule has 1 heterocycles. The predicted octanol–water partition coefficient (Wildman–Crippen LogP) is 4.75. The summed E-state index contributed by atoms with van der Waals surface area (Å²) in [7, 11) is 1.61. The first kappa shape index (κ1) is 22.4. The van der Waals surface area contributed by atoms with Crippen LogP contribution >= 0.6 is 0 Å². The van der Waals surface area contributed by atoms with Crippen LogP contribution in [0.15, 0.2) is 53.5 Å². The van der Waals surface area contributed by atoms with Crippen molar-refractivity contribution in [2.24, 2.45) is 0 Å². The van der Waals surface area contributed by atoms with Gasteiger partial charge in [-0.1, -0.05) is 31.9 Å². The summed E-state index contributed by atoms with van der Waals surface area (Å²) in [5.41, 5.74) is 0.993. The molecule has 6 nitrogen and oxygen atoms in total. The van der Waals surface area contributed by atoms with Gasteiger partial charge in [-0.05, 0) is 48.7 Å². The number of aryl methyl sites for hydroxylation is 2. The first-order valence-corrected chi connectivity index (χ1v) is 10.6. The molecule has 0 fully saturated rings. The molecule has 3 aromatic rings. The Bertz CT molecular complexity index is 1090. The van der Waals surface area contributed by atoms with Crippen molar-refractivity contribution in [1.82, 2.24) is 4.57 Å². The third-order valence-corrected chi connectivity index (χ3v) is 5.11. The van der Waals surface area contributed by atoms with E-state index in [2.05, 4.69) is 6.92 Å². The molecule has 0 saturated carbocycles. The van der Waals surface area contributed by atoms with Crippen molar-refractivity contribution in [3.63, 3.8) is 0 Å². The lowest BCUT2D eigenvalue weighted by Gasteiger charge is -2.14. The van der Waals surface area contributed by atoms with Gasteiger partial charge in [-0.25, -0.2) is 0 Å². The number of hydrogen-bond donors (Lipinski definition) is 0. The van der Waals surface area contributed by atoms with Crippen molar-refractivity contribution >= 4 is 16.7 Å². The normalized spacial score (nSPS) is 10.8. The van der Waals surface area contributed by atoms with Gasteiger partial charge < -0.3 is 18.8 Å². The van der Waals surface area contributed by atoms with Gasteiger partial charge in [0.15, 0.2) is 11.5 Å². The van der Waals surface area contributed by atoms with Gasteiger partial charge in [-0.15, -0.1) is 0 Å². The molecular formula is C25H29NO5. The van der Waals surface area contributed by atoms with E-state index in [9.17, 15) is 9.59 Å². The lowest BCUT2D eigenvalue weighted by Crippen LogP contribution is -2.20. The highest BCUT2D eigenvalue weighted by atomic mass is 16.5. The van der Waals surface area contributed by atoms with Crippen molar-refractivity contribution in [1.29, 1.82) is 0 Å². The lowest BCUT2D eigenvalue weighted by atomic mass is 10.1. The molecule has 2 aromatic carbocycles. The third kappa shape index (κ3) is 5.66. The van der Waals surface area contributed by atoms with Crippen LogP contribution in [-0.4, -0.2) is 24.3 Å². The van der Waals surface area contributed by atoms with Crippen LogP contribution in [-0.2, 0) is 17.8 Å². The summed E-state index contributed by atoms with van der Waals surface area (Å²) in [4.78, 5) is 24.1. The monoisotopic (exact) mass is 423 g/mol. The zero-order chi connectivity index (χ0) is 22.2. The number of methoxy groups -OCH3 is 1. The van der Waals surface area contributed by atoms with Crippen LogP contribution in [0.5, 0.6) is 17.2 Å². The summed E-state index contributed by atoms with van der Waals surface area (Å²) in [6.07, 6.45) is 5.66. The van der Waals surface area contributed by atoms with E-state index in [4.69, 9.17) is 14.2 Å². The van der Waals surface area contributed by atoms with E-state index < -0.39 is 0 Å². The number of fused-ring (bicyclic) bond motifs is 1. The van der Waals surface area contributed by atoms with Crippen LogP contribution in [0.1, 0.15) is 38.7 Å². The molecule has 0 saturated heterocycles. The van der Waals surface area contributed by atoms with E-state index in [0.717, 1.165) is 30.2 Å². The first-order chi connectivity index (χ1) is 15.0. The van der Waals surface area contributed by atoms with Crippen LogP contribution in [0.25, 0.3) is 10.8 Å². The summed E-state index contributed by atoms with van der Waals surface area (Å²) >= 11 is 0. The maximum Gasteiger partial charge on any atom is 0.308 e. The zero-order valence-electron chi connectivity index (χ0n) is 18.3. The molecule has 0 amide bonds. The van der Waals surface area contributed by atoms with Crippen molar-refractivity contribution in [3.05, 3.63) is 64.6 Å². The van der Waals surface area contributed by atoms with Gasteiger partial charge in [-0.2, -0.15) is 0 Å². The average Bonchev–Trinajstić information content (AvgIpc) is 2.77. The Morgan fingerprint density at radius 2 is 1.77 bits per heavy atom. The quantitative estimate of drug-likeness (QED) is 0.268. The lowest BCUT2D eigenvalue weighted by molar-refractivity contribution is -0.131. The van der Waals surface area contributed by atoms with Crippen LogP contribution in [0.3, 0.4) is 0 Å². The van der Waals surface area contributed by atoms with Gasteiger partial charge in [0.25, 0.3) is 5.56 Å². The number of carbonyl (C=O) groups excluding carboxylic acids is 1. The average molecular weight is 424 g/mol. The van der Waals surface area contributed by atoms with Gasteiger partial charge in [-0.3, -0.25) is 9.59 Å². The minimum atomic E-state index is -0.346. The van der Waals surface area contributed by atoms with Crippen molar-refractivity contribution < 1.29 is 19.0 Å². The van der Waals surface area contributed by atoms with Crippen LogP contribution in [0.4, 0.5) is 0 Å². The molecule has 0 unspecified atom stereocenters. The molecule has 1 aromatic heterocycles. The molecule has 164 valence electrons. The van der Waals surface area contributed by atoms with E-state index in [1.54, 1.807) is 42.1 Å². The first-order valence-electron chi connectivity index (χ1n) is 10.6. The Labute approximate surface area is 182 Å².